The fourth-order valence-corrected chi connectivity index (χ4v) is 1.53. The van der Waals surface area contributed by atoms with Gasteiger partial charge in [0.2, 0.25) is 0 Å². The van der Waals surface area contributed by atoms with E-state index < -0.39 is 0 Å². The van der Waals surface area contributed by atoms with Crippen molar-refractivity contribution in [2.24, 2.45) is 11.7 Å². The summed E-state index contributed by atoms with van der Waals surface area (Å²) in [4.78, 5) is 12.0. The van der Waals surface area contributed by atoms with Crippen molar-refractivity contribution in [3.05, 3.63) is 36.4 Å². The molecule has 5 nitrogen and oxygen atoms in total. The number of rotatable bonds is 8. The number of ether oxygens (including phenoxy) is 2. The zero-order valence-electron chi connectivity index (χ0n) is 12.4. The molecule has 0 bridgehead atoms. The van der Waals surface area contributed by atoms with Gasteiger partial charge in [-0.15, -0.1) is 12.4 Å². The van der Waals surface area contributed by atoms with Crippen molar-refractivity contribution in [3.8, 4) is 11.5 Å². The van der Waals surface area contributed by atoms with E-state index in [9.17, 15) is 4.79 Å². The molecule has 1 unspecified atom stereocenters. The number of amides is 1. The lowest BCUT2D eigenvalue weighted by molar-refractivity contribution is 0.0948. The predicted octanol–water partition coefficient (Wildman–Crippen LogP) is 2.01. The number of nitrogens with one attached hydrogen (secondary N) is 1. The minimum atomic E-state index is -0.154. The normalized spacial score (nSPS) is 11.0. The first kappa shape index (κ1) is 19.3. The van der Waals surface area contributed by atoms with Gasteiger partial charge in [0.1, 0.15) is 6.61 Å². The average Bonchev–Trinajstić information content (AvgIpc) is 2.49. The Balaban J connectivity index is 0.00000400. The van der Waals surface area contributed by atoms with Gasteiger partial charge < -0.3 is 20.5 Å². The van der Waals surface area contributed by atoms with Crippen LogP contribution in [0.5, 0.6) is 11.5 Å². The van der Waals surface area contributed by atoms with Crippen LogP contribution in [-0.2, 0) is 0 Å². The van der Waals surface area contributed by atoms with E-state index >= 15 is 0 Å². The summed E-state index contributed by atoms with van der Waals surface area (Å²) in [5, 5.41) is 2.83. The zero-order chi connectivity index (χ0) is 15.0. The van der Waals surface area contributed by atoms with Crippen molar-refractivity contribution in [2.75, 3.05) is 26.8 Å². The summed E-state index contributed by atoms with van der Waals surface area (Å²) in [7, 11) is 1.54. The second-order valence-electron chi connectivity index (χ2n) is 4.52. The van der Waals surface area contributed by atoms with Gasteiger partial charge in [-0.2, -0.15) is 0 Å². The van der Waals surface area contributed by atoms with Crippen molar-refractivity contribution in [3.63, 3.8) is 0 Å². The van der Waals surface area contributed by atoms with Crippen LogP contribution in [0.25, 0.3) is 0 Å². The molecule has 21 heavy (non-hydrogen) atoms. The first-order chi connectivity index (χ1) is 9.62. The molecule has 0 aliphatic heterocycles. The van der Waals surface area contributed by atoms with E-state index in [0.717, 1.165) is 0 Å². The second-order valence-corrected chi connectivity index (χ2v) is 4.52. The maximum absolute atomic E-state index is 12.0. The van der Waals surface area contributed by atoms with E-state index in [2.05, 4.69) is 11.9 Å². The molecule has 118 valence electrons. The molecule has 0 fully saturated rings. The molecule has 1 aromatic rings. The van der Waals surface area contributed by atoms with Gasteiger partial charge in [0.25, 0.3) is 5.91 Å². The second kappa shape index (κ2) is 10.1. The SMILES string of the molecule is C=CCOc1ccc(C(=O)NCC(C)CN)cc1OC.Cl. The van der Waals surface area contributed by atoms with E-state index in [1.54, 1.807) is 24.3 Å². The molecule has 1 amide bonds. The molecular weight excluding hydrogens is 292 g/mol. The summed E-state index contributed by atoms with van der Waals surface area (Å²) in [5.74, 6) is 1.19. The molecule has 0 aliphatic carbocycles. The Bertz CT molecular complexity index is 466. The standard InChI is InChI=1S/C15H22N2O3.ClH/c1-4-7-20-13-6-5-12(8-14(13)19-3)15(18)17-10-11(2)9-16;/h4-6,8,11H,1,7,9-10,16H2,2-3H3,(H,17,18);1H. The number of carbonyl (C=O) groups is 1. The van der Waals surface area contributed by atoms with Gasteiger partial charge in [-0.3, -0.25) is 4.79 Å². The van der Waals surface area contributed by atoms with E-state index in [1.165, 1.54) is 7.11 Å². The number of halogens is 1. The third-order valence-corrected chi connectivity index (χ3v) is 2.80. The van der Waals surface area contributed by atoms with Crippen molar-refractivity contribution in [1.29, 1.82) is 0 Å². The Morgan fingerprint density at radius 1 is 1.48 bits per heavy atom. The summed E-state index contributed by atoms with van der Waals surface area (Å²) in [6.45, 7) is 7.04. The van der Waals surface area contributed by atoms with Crippen molar-refractivity contribution in [1.82, 2.24) is 5.32 Å². The number of benzene rings is 1. The van der Waals surface area contributed by atoms with E-state index in [0.29, 0.717) is 36.8 Å². The predicted molar refractivity (Wildman–Crippen MR) is 86.5 cm³/mol. The molecule has 0 radical (unpaired) electrons. The highest BCUT2D eigenvalue weighted by atomic mass is 35.5. The molecule has 6 heteroatoms. The van der Waals surface area contributed by atoms with Gasteiger partial charge in [-0.1, -0.05) is 19.6 Å². The Hall–Kier alpha value is -1.72. The smallest absolute Gasteiger partial charge is 0.251 e. The van der Waals surface area contributed by atoms with Crippen LogP contribution in [0, 0.1) is 5.92 Å². The largest absolute Gasteiger partial charge is 0.493 e. The quantitative estimate of drug-likeness (QED) is 0.720. The number of nitrogens with two attached hydrogens (primary N) is 1. The van der Waals surface area contributed by atoms with E-state index in [4.69, 9.17) is 15.2 Å². The first-order valence-corrected chi connectivity index (χ1v) is 6.52. The molecule has 0 aromatic heterocycles. The lowest BCUT2D eigenvalue weighted by Crippen LogP contribution is -2.31. The molecular formula is C15H23ClN2O3. The van der Waals surface area contributed by atoms with Crippen LogP contribution in [0.2, 0.25) is 0 Å². The van der Waals surface area contributed by atoms with Gasteiger partial charge in [0, 0.05) is 12.1 Å². The fourth-order valence-electron chi connectivity index (χ4n) is 1.53. The minimum Gasteiger partial charge on any atom is -0.493 e. The van der Waals surface area contributed by atoms with E-state index in [-0.39, 0.29) is 24.2 Å². The zero-order valence-corrected chi connectivity index (χ0v) is 13.2. The van der Waals surface area contributed by atoms with Gasteiger partial charge in [-0.05, 0) is 30.7 Å². The van der Waals surface area contributed by atoms with Gasteiger partial charge in [0.05, 0.1) is 7.11 Å². The maximum Gasteiger partial charge on any atom is 0.251 e. The number of methoxy groups -OCH3 is 1. The highest BCUT2D eigenvalue weighted by Crippen LogP contribution is 2.28. The van der Waals surface area contributed by atoms with Crippen molar-refractivity contribution >= 4 is 18.3 Å². The summed E-state index contributed by atoms with van der Waals surface area (Å²) < 4.78 is 10.7. The van der Waals surface area contributed by atoms with Crippen molar-refractivity contribution in [2.45, 2.75) is 6.92 Å². The van der Waals surface area contributed by atoms with Crippen LogP contribution < -0.4 is 20.5 Å². The molecule has 3 N–H and O–H groups in total. The molecule has 0 saturated heterocycles. The van der Waals surface area contributed by atoms with Gasteiger partial charge in [0.15, 0.2) is 11.5 Å². The van der Waals surface area contributed by atoms with Crippen LogP contribution in [-0.4, -0.2) is 32.7 Å². The molecule has 0 spiro atoms. The fraction of sp³-hybridized carbons (Fsp3) is 0.400. The molecule has 1 atom stereocenters. The number of hydrogen-bond acceptors (Lipinski definition) is 4. The third kappa shape index (κ3) is 6.06. The van der Waals surface area contributed by atoms with Crippen LogP contribution in [0.4, 0.5) is 0 Å². The van der Waals surface area contributed by atoms with Crippen LogP contribution in [0.15, 0.2) is 30.9 Å². The van der Waals surface area contributed by atoms with Gasteiger partial charge in [-0.25, -0.2) is 0 Å². The molecule has 1 rings (SSSR count). The highest BCUT2D eigenvalue weighted by Gasteiger charge is 2.11. The first-order valence-electron chi connectivity index (χ1n) is 6.52. The van der Waals surface area contributed by atoms with Crippen LogP contribution in [0.3, 0.4) is 0 Å². The monoisotopic (exact) mass is 314 g/mol. The lowest BCUT2D eigenvalue weighted by Gasteiger charge is -2.12. The summed E-state index contributed by atoms with van der Waals surface area (Å²) >= 11 is 0. The summed E-state index contributed by atoms with van der Waals surface area (Å²) in [6.07, 6.45) is 1.65. The van der Waals surface area contributed by atoms with Crippen molar-refractivity contribution < 1.29 is 14.3 Å². The van der Waals surface area contributed by atoms with Gasteiger partial charge >= 0.3 is 0 Å². The highest BCUT2D eigenvalue weighted by molar-refractivity contribution is 5.94. The Kier molecular flexibility index (Phi) is 9.25. The Morgan fingerprint density at radius 3 is 2.76 bits per heavy atom. The lowest BCUT2D eigenvalue weighted by atomic mass is 10.1. The molecule has 0 aliphatic rings. The Morgan fingerprint density at radius 2 is 2.19 bits per heavy atom. The number of carbonyl (C=O) groups excluding carboxylic acids is 1. The molecule has 1 aromatic carbocycles. The topological polar surface area (TPSA) is 73.6 Å². The maximum atomic E-state index is 12.0. The van der Waals surface area contributed by atoms with Crippen LogP contribution in [0.1, 0.15) is 17.3 Å². The summed E-state index contributed by atoms with van der Waals surface area (Å²) in [5.41, 5.74) is 6.04. The average molecular weight is 315 g/mol. The molecule has 0 heterocycles. The number of hydrogen-bond donors (Lipinski definition) is 2. The van der Waals surface area contributed by atoms with Crippen LogP contribution >= 0.6 is 12.4 Å². The Labute approximate surface area is 131 Å². The minimum absolute atomic E-state index is 0. The summed E-state index contributed by atoms with van der Waals surface area (Å²) in [6, 6.07) is 5.06. The third-order valence-electron chi connectivity index (χ3n) is 2.80. The van der Waals surface area contributed by atoms with E-state index in [1.807, 2.05) is 6.92 Å². The molecule has 0 saturated carbocycles.